The van der Waals surface area contributed by atoms with Crippen molar-refractivity contribution in [3.05, 3.63) is 298 Å². The van der Waals surface area contributed by atoms with Crippen LogP contribution in [0.15, 0.2) is 246 Å². The summed E-state index contributed by atoms with van der Waals surface area (Å²) in [7, 11) is 0. The molecular weight excluding hydrogens is 1550 g/mol. The Morgan fingerprint density at radius 3 is 0.960 bits per heavy atom. The molecule has 15 rings (SSSR count). The minimum absolute atomic E-state index is 0.0348. The number of thioether (sulfide) groups is 2. The van der Waals surface area contributed by atoms with Gasteiger partial charge in [0.2, 0.25) is 0 Å². The Labute approximate surface area is 774 Å². The first-order chi connectivity index (χ1) is 59.2. The Kier molecular flexibility index (Phi) is 35.2. The van der Waals surface area contributed by atoms with Crippen LogP contribution in [0.4, 0.5) is 0 Å². The molecule has 2 nitrogen and oxygen atoms in total. The summed E-state index contributed by atoms with van der Waals surface area (Å²) in [6, 6.07) is 85.3. The molecule has 0 bridgehead atoms. The number of benzene rings is 9. The highest BCUT2D eigenvalue weighted by Crippen LogP contribution is 2.60. The molecule has 6 aliphatic carbocycles. The van der Waals surface area contributed by atoms with Gasteiger partial charge >= 0.3 is 0 Å². The lowest BCUT2D eigenvalue weighted by Gasteiger charge is -2.46. The van der Waals surface area contributed by atoms with Crippen LogP contribution in [0, 0.1) is 90.3 Å². The molecule has 125 heavy (non-hydrogen) atoms. The number of hydrogen-bond donors (Lipinski definition) is 0. The molecule has 0 amide bonds. The van der Waals surface area contributed by atoms with E-state index in [4.69, 9.17) is 9.47 Å². The van der Waals surface area contributed by atoms with Crippen molar-refractivity contribution in [2.45, 2.75) is 364 Å². The Morgan fingerprint density at radius 1 is 0.264 bits per heavy atom. The molecule has 3 atom stereocenters. The Morgan fingerprint density at radius 2 is 0.560 bits per heavy atom. The molecule has 0 aromatic heterocycles. The van der Waals surface area contributed by atoms with Crippen LogP contribution in [0.1, 0.15) is 346 Å². The van der Waals surface area contributed by atoms with Gasteiger partial charge < -0.3 is 9.47 Å². The van der Waals surface area contributed by atoms with Crippen molar-refractivity contribution >= 4 is 23.5 Å². The summed E-state index contributed by atoms with van der Waals surface area (Å²) in [6.45, 7) is 56.6. The first-order valence-corrected chi connectivity index (χ1v) is 51.2. The standard InChI is InChI=1S/C23H30.C22H28O.C22H28S.C20H32.C17H26O.C17H26S/c1-19-11-7-8-12-20(19)15-18-23(3,21-13-5-4-6-14-21)22(2)16-9-10-17-22;2*1-18-11-7-8-14-20(18)23-17-22(3,19-12-5-4-6-13-19)21(2)15-9-10-16-21;1-16-11-7-8-12-17(16)18(2,3)15-19(4,5)20(6)13-9-10-14-20;2*1-14-9-5-6-10-15(14)18-13-16(2,3)17(4)11-7-8-12-17/h4-8,11-14H,9-10,15-18H2,1-3H3;2*4-8,11-14H,9-10,15-17H2,1-3H3;7-8,11-12H,9-10,13-15H2,1-6H3;2*5-6,9-10H,7-8,11-13H2,1-4H3/t23-;2*22-;;;/m111.../s1. The number of ether oxygens (including phenoxy) is 2. The fraction of sp³-hybridized carbons (Fsp3) is 0.554. The van der Waals surface area contributed by atoms with E-state index in [1.165, 1.54) is 250 Å². The molecule has 0 heterocycles. The SMILES string of the molecule is Cc1ccccc1C(C)(C)CC(C)(C)C1(C)CCCC1.Cc1ccccc1CC[C@](C)(c1ccccc1)C1(C)CCCC1.Cc1ccccc1OCC(C)(C)C1(C)CCCC1.Cc1ccccc1OC[C@](C)(c1ccccc1)C1(C)CCCC1.Cc1ccccc1SCC(C)(C)C1(C)CCCC1.Cc1ccccc1SC[C@](C)(c1ccccc1)C1(C)CCCC1. The van der Waals surface area contributed by atoms with Gasteiger partial charge in [-0.05, 0) is 277 Å². The van der Waals surface area contributed by atoms with Gasteiger partial charge in [-0.1, -0.05) is 407 Å². The maximum atomic E-state index is 6.33. The fourth-order valence-electron chi connectivity index (χ4n) is 23.2. The molecule has 4 heteroatoms. The van der Waals surface area contributed by atoms with Gasteiger partial charge in [0.25, 0.3) is 0 Å². The van der Waals surface area contributed by atoms with Crippen molar-refractivity contribution in [1.29, 1.82) is 0 Å². The van der Waals surface area contributed by atoms with Crippen LogP contribution in [0.3, 0.4) is 0 Å². The first-order valence-electron chi connectivity index (χ1n) is 49.2. The van der Waals surface area contributed by atoms with E-state index < -0.39 is 0 Å². The lowest BCUT2D eigenvalue weighted by Crippen LogP contribution is -2.44. The molecule has 678 valence electrons. The van der Waals surface area contributed by atoms with Gasteiger partial charge in [-0.25, -0.2) is 0 Å². The van der Waals surface area contributed by atoms with Gasteiger partial charge in [-0.3, -0.25) is 0 Å². The average molecular weight is 1720 g/mol. The first kappa shape index (κ1) is 100. The third-order valence-electron chi connectivity index (χ3n) is 34.9. The normalized spacial score (nSPS) is 19.3. The second kappa shape index (κ2) is 43.8. The lowest BCUT2D eigenvalue weighted by atomic mass is 9.58. The third kappa shape index (κ3) is 24.7. The molecule has 6 saturated carbocycles. The Bertz CT molecular complexity index is 4360. The van der Waals surface area contributed by atoms with Gasteiger partial charge in [0.05, 0.1) is 13.2 Å². The summed E-state index contributed by atoms with van der Waals surface area (Å²) >= 11 is 4.07. The van der Waals surface area contributed by atoms with Crippen LogP contribution in [0.2, 0.25) is 0 Å². The number of rotatable bonds is 27. The molecule has 0 unspecified atom stereocenters. The maximum Gasteiger partial charge on any atom is 0.122 e. The summed E-state index contributed by atoms with van der Waals surface area (Å²) < 4.78 is 12.4. The Balaban J connectivity index is 0.000000157. The van der Waals surface area contributed by atoms with E-state index in [1.807, 2.05) is 29.6 Å². The van der Waals surface area contributed by atoms with Crippen molar-refractivity contribution in [2.24, 2.45) is 48.7 Å². The maximum absolute atomic E-state index is 6.33. The summed E-state index contributed by atoms with van der Waals surface area (Å²) in [5.74, 6) is 4.43. The lowest BCUT2D eigenvalue weighted by molar-refractivity contribution is 0.0386. The quantitative estimate of drug-likeness (QED) is 0.0478. The number of hydrogen-bond acceptors (Lipinski definition) is 4. The van der Waals surface area contributed by atoms with Crippen LogP contribution < -0.4 is 9.47 Å². The molecule has 0 spiro atoms. The topological polar surface area (TPSA) is 18.5 Å². The summed E-state index contributed by atoms with van der Waals surface area (Å²) in [4.78, 5) is 2.88. The van der Waals surface area contributed by atoms with Gasteiger partial charge in [-0.15, -0.1) is 23.5 Å². The molecular formula is C121H170O2S2. The van der Waals surface area contributed by atoms with Crippen LogP contribution in [0.25, 0.3) is 0 Å². The van der Waals surface area contributed by atoms with Gasteiger partial charge in [0, 0.05) is 37.5 Å². The molecule has 6 fully saturated rings. The molecule has 9 aromatic carbocycles. The predicted molar refractivity (Wildman–Crippen MR) is 548 cm³/mol. The van der Waals surface area contributed by atoms with Crippen LogP contribution in [-0.2, 0) is 28.1 Å². The molecule has 0 radical (unpaired) electrons. The minimum atomic E-state index is 0.0348. The number of para-hydroxylation sites is 2. The molecule has 0 aliphatic heterocycles. The smallest absolute Gasteiger partial charge is 0.122 e. The van der Waals surface area contributed by atoms with Crippen LogP contribution in [0.5, 0.6) is 11.5 Å². The summed E-state index contributed by atoms with van der Waals surface area (Å²) in [5.41, 5.74) is 20.0. The zero-order valence-electron chi connectivity index (χ0n) is 83.1. The average Bonchev–Trinajstić information content (AvgIpc) is 1.68. The monoisotopic (exact) mass is 1720 g/mol. The van der Waals surface area contributed by atoms with E-state index in [1.54, 1.807) is 0 Å². The summed E-state index contributed by atoms with van der Waals surface area (Å²) in [6.07, 6.45) is 36.7. The third-order valence-corrected chi connectivity index (χ3v) is 38.0. The van der Waals surface area contributed by atoms with Gasteiger partial charge in [0.15, 0.2) is 0 Å². The highest BCUT2D eigenvalue weighted by molar-refractivity contribution is 7.99. The van der Waals surface area contributed by atoms with E-state index in [2.05, 4.69) is 390 Å². The van der Waals surface area contributed by atoms with Gasteiger partial charge in [-0.2, -0.15) is 0 Å². The van der Waals surface area contributed by atoms with Crippen molar-refractivity contribution in [3.8, 4) is 11.5 Å². The van der Waals surface area contributed by atoms with E-state index in [9.17, 15) is 0 Å². The van der Waals surface area contributed by atoms with Gasteiger partial charge in [0.1, 0.15) is 11.5 Å². The van der Waals surface area contributed by atoms with E-state index in [0.717, 1.165) is 30.5 Å². The van der Waals surface area contributed by atoms with E-state index >= 15 is 0 Å². The predicted octanol–water partition coefficient (Wildman–Crippen LogP) is 35.9. The molecule has 0 saturated heterocycles. The Hall–Kier alpha value is -6.72. The van der Waals surface area contributed by atoms with Crippen molar-refractivity contribution in [1.82, 2.24) is 0 Å². The second-order valence-corrected chi connectivity index (χ2v) is 46.9. The van der Waals surface area contributed by atoms with E-state index in [0.29, 0.717) is 43.3 Å². The number of aryl methyl sites for hydroxylation is 7. The zero-order chi connectivity index (χ0) is 90.5. The highest BCUT2D eigenvalue weighted by atomic mass is 32.2. The fourth-order valence-corrected chi connectivity index (χ4v) is 26.0. The molecule has 9 aromatic rings. The zero-order valence-corrected chi connectivity index (χ0v) is 84.7. The van der Waals surface area contributed by atoms with E-state index in [-0.39, 0.29) is 27.1 Å². The second-order valence-electron chi connectivity index (χ2n) is 44.9. The highest BCUT2D eigenvalue weighted by Gasteiger charge is 2.52. The minimum Gasteiger partial charge on any atom is -0.493 e. The summed E-state index contributed by atoms with van der Waals surface area (Å²) in [5, 5.41) is 0. The molecule has 6 aliphatic rings. The van der Waals surface area contributed by atoms with Crippen molar-refractivity contribution in [2.75, 3.05) is 24.7 Å². The van der Waals surface area contributed by atoms with Crippen molar-refractivity contribution in [3.63, 3.8) is 0 Å². The largest absolute Gasteiger partial charge is 0.493 e. The molecule has 0 N–H and O–H groups in total. The van der Waals surface area contributed by atoms with Crippen LogP contribution >= 0.6 is 23.5 Å². The van der Waals surface area contributed by atoms with Crippen LogP contribution in [-0.4, -0.2) is 24.7 Å². The van der Waals surface area contributed by atoms with Crippen molar-refractivity contribution < 1.29 is 9.47 Å².